The van der Waals surface area contributed by atoms with E-state index in [1.54, 1.807) is 0 Å². The number of aliphatic imine (C=N–C) groups is 1. The van der Waals surface area contributed by atoms with Crippen molar-refractivity contribution in [3.8, 4) is 11.5 Å². The molecule has 0 atom stereocenters. The van der Waals surface area contributed by atoms with Crippen LogP contribution in [0, 0.1) is 0 Å². The molecule has 0 saturated carbocycles. The van der Waals surface area contributed by atoms with Gasteiger partial charge in [0, 0.05) is 18.1 Å². The Balaban J connectivity index is 1.57. The summed E-state index contributed by atoms with van der Waals surface area (Å²) in [5.41, 5.74) is 1.73. The highest BCUT2D eigenvalue weighted by Gasteiger charge is 2.18. The molecule has 2 aromatic rings. The number of piperidine rings is 1. The van der Waals surface area contributed by atoms with Crippen molar-refractivity contribution in [3.63, 3.8) is 0 Å². The Labute approximate surface area is 153 Å². The normalized spacial score (nSPS) is 16.9. The molecule has 0 aliphatic carbocycles. The van der Waals surface area contributed by atoms with Crippen LogP contribution in [0.15, 0.2) is 47.5 Å². The van der Waals surface area contributed by atoms with Gasteiger partial charge < -0.3 is 15.0 Å². The highest BCUT2D eigenvalue weighted by atomic mass is 35.5. The Morgan fingerprint density at radius 2 is 1.88 bits per heavy atom. The third-order valence-electron chi connectivity index (χ3n) is 4.68. The quantitative estimate of drug-likeness (QED) is 0.874. The van der Waals surface area contributed by atoms with Gasteiger partial charge >= 0.3 is 0 Å². The monoisotopic (exact) mass is 355 g/mol. The maximum absolute atomic E-state index is 6.22. The first-order valence-electron chi connectivity index (χ1n) is 8.91. The van der Waals surface area contributed by atoms with Crippen LogP contribution in [0.5, 0.6) is 11.5 Å². The van der Waals surface area contributed by atoms with E-state index in [-0.39, 0.29) is 0 Å². The highest BCUT2D eigenvalue weighted by molar-refractivity contribution is 6.31. The smallest absolute Gasteiger partial charge is 0.153 e. The molecule has 2 aliphatic rings. The van der Waals surface area contributed by atoms with Crippen LogP contribution < -0.4 is 10.1 Å². The second-order valence-electron chi connectivity index (χ2n) is 6.50. The number of ether oxygens (including phenoxy) is 1. The molecule has 4 nitrogen and oxygen atoms in total. The first-order chi connectivity index (χ1) is 12.3. The highest BCUT2D eigenvalue weighted by Crippen LogP contribution is 2.37. The summed E-state index contributed by atoms with van der Waals surface area (Å²) in [6, 6.07) is 13.5. The molecule has 25 heavy (non-hydrogen) atoms. The fourth-order valence-electron chi connectivity index (χ4n) is 3.36. The van der Waals surface area contributed by atoms with Crippen LogP contribution in [0.4, 0.5) is 5.69 Å². The third kappa shape index (κ3) is 3.80. The summed E-state index contributed by atoms with van der Waals surface area (Å²) < 4.78 is 6.06. The van der Waals surface area contributed by atoms with E-state index in [0.29, 0.717) is 5.02 Å². The molecule has 0 amide bonds. The molecule has 2 aromatic carbocycles. The number of para-hydroxylation sites is 2. The molecule has 4 rings (SSSR count). The number of amidine groups is 1. The Kier molecular flexibility index (Phi) is 4.90. The van der Waals surface area contributed by atoms with Gasteiger partial charge in [-0.3, -0.25) is 0 Å². The molecule has 130 valence electrons. The second-order valence-corrected chi connectivity index (χ2v) is 6.94. The average molecular weight is 356 g/mol. The fourth-order valence-corrected chi connectivity index (χ4v) is 3.53. The van der Waals surface area contributed by atoms with Gasteiger partial charge in [-0.2, -0.15) is 0 Å². The number of likely N-dealkylation sites (tertiary alicyclic amines) is 1. The van der Waals surface area contributed by atoms with Crippen molar-refractivity contribution in [3.05, 3.63) is 53.1 Å². The molecule has 0 spiro atoms. The largest absolute Gasteiger partial charge is 0.454 e. The number of rotatable bonds is 3. The van der Waals surface area contributed by atoms with E-state index in [2.05, 4.69) is 10.2 Å². The number of hydrogen-bond donors (Lipinski definition) is 1. The van der Waals surface area contributed by atoms with Crippen molar-refractivity contribution < 1.29 is 4.74 Å². The van der Waals surface area contributed by atoms with Crippen molar-refractivity contribution >= 4 is 23.1 Å². The molecule has 2 heterocycles. The van der Waals surface area contributed by atoms with Gasteiger partial charge in [0.25, 0.3) is 0 Å². The number of fused-ring (bicyclic) bond motifs is 2. The Morgan fingerprint density at radius 3 is 2.76 bits per heavy atom. The van der Waals surface area contributed by atoms with E-state index >= 15 is 0 Å². The van der Waals surface area contributed by atoms with Crippen LogP contribution in [-0.4, -0.2) is 36.9 Å². The van der Waals surface area contributed by atoms with E-state index in [4.69, 9.17) is 21.3 Å². The molecule has 5 heteroatoms. The molecule has 0 unspecified atom stereocenters. The Bertz CT molecular complexity index is 784. The lowest BCUT2D eigenvalue weighted by molar-refractivity contribution is 0.232. The minimum Gasteiger partial charge on any atom is -0.454 e. The first kappa shape index (κ1) is 16.4. The molecule has 1 saturated heterocycles. The number of nitrogens with zero attached hydrogens (tertiary/aromatic N) is 2. The van der Waals surface area contributed by atoms with Crippen LogP contribution in [0.25, 0.3) is 0 Å². The lowest BCUT2D eigenvalue weighted by Crippen LogP contribution is -2.37. The summed E-state index contributed by atoms with van der Waals surface area (Å²) in [6.07, 6.45) is 3.97. The van der Waals surface area contributed by atoms with E-state index in [1.165, 1.54) is 32.4 Å². The molecule has 0 aromatic heterocycles. The van der Waals surface area contributed by atoms with E-state index in [1.807, 2.05) is 42.5 Å². The molecule has 0 bridgehead atoms. The third-order valence-corrected chi connectivity index (χ3v) is 4.92. The fraction of sp³-hybridized carbons (Fsp3) is 0.350. The van der Waals surface area contributed by atoms with Crippen molar-refractivity contribution in [2.45, 2.75) is 19.3 Å². The number of hydrogen-bond acceptors (Lipinski definition) is 4. The van der Waals surface area contributed by atoms with Crippen LogP contribution in [-0.2, 0) is 0 Å². The maximum Gasteiger partial charge on any atom is 0.153 e. The summed E-state index contributed by atoms with van der Waals surface area (Å²) in [5.74, 6) is 2.36. The predicted molar refractivity (Wildman–Crippen MR) is 102 cm³/mol. The maximum atomic E-state index is 6.22. The lowest BCUT2D eigenvalue weighted by Gasteiger charge is -2.26. The van der Waals surface area contributed by atoms with Gasteiger partial charge in [0.05, 0.1) is 5.56 Å². The zero-order chi connectivity index (χ0) is 17.1. The van der Waals surface area contributed by atoms with Crippen molar-refractivity contribution in [2.75, 3.05) is 26.2 Å². The van der Waals surface area contributed by atoms with Gasteiger partial charge in [-0.25, -0.2) is 4.99 Å². The lowest BCUT2D eigenvalue weighted by atomic mass is 10.1. The predicted octanol–water partition coefficient (Wildman–Crippen LogP) is 4.60. The van der Waals surface area contributed by atoms with E-state index in [9.17, 15) is 0 Å². The van der Waals surface area contributed by atoms with Gasteiger partial charge in [-0.15, -0.1) is 0 Å². The second kappa shape index (κ2) is 7.46. The van der Waals surface area contributed by atoms with Crippen LogP contribution in [0.3, 0.4) is 0 Å². The summed E-state index contributed by atoms with van der Waals surface area (Å²) in [4.78, 5) is 7.32. The first-order valence-corrected chi connectivity index (χ1v) is 9.29. The number of benzene rings is 2. The van der Waals surface area contributed by atoms with Gasteiger partial charge in [0.15, 0.2) is 5.75 Å². The minimum absolute atomic E-state index is 0.679. The molecule has 0 radical (unpaired) electrons. The average Bonchev–Trinajstić information content (AvgIpc) is 2.79. The van der Waals surface area contributed by atoms with Gasteiger partial charge in [0.2, 0.25) is 0 Å². The Morgan fingerprint density at radius 1 is 1.04 bits per heavy atom. The molecule has 1 N–H and O–H groups in total. The van der Waals surface area contributed by atoms with E-state index in [0.717, 1.165) is 41.7 Å². The summed E-state index contributed by atoms with van der Waals surface area (Å²) in [6.45, 7) is 4.27. The minimum atomic E-state index is 0.679. The summed E-state index contributed by atoms with van der Waals surface area (Å²) >= 11 is 6.22. The SMILES string of the molecule is Clc1ccc2c(c1)C(NCCN1CCCCC1)=Nc1ccccc1O2. The molecular formula is C20H22ClN3O. The van der Waals surface area contributed by atoms with Crippen LogP contribution in [0.1, 0.15) is 24.8 Å². The zero-order valence-electron chi connectivity index (χ0n) is 14.2. The number of halogens is 1. The van der Waals surface area contributed by atoms with Gasteiger partial charge in [-0.1, -0.05) is 30.2 Å². The Hall–Kier alpha value is -2.04. The summed E-state index contributed by atoms with van der Waals surface area (Å²) in [5, 5.41) is 4.18. The van der Waals surface area contributed by atoms with Crippen molar-refractivity contribution in [2.24, 2.45) is 4.99 Å². The van der Waals surface area contributed by atoms with Crippen LogP contribution >= 0.6 is 11.6 Å². The molecular weight excluding hydrogens is 334 g/mol. The zero-order valence-corrected chi connectivity index (χ0v) is 14.9. The van der Waals surface area contributed by atoms with Crippen molar-refractivity contribution in [1.82, 2.24) is 10.2 Å². The topological polar surface area (TPSA) is 36.9 Å². The van der Waals surface area contributed by atoms with Crippen molar-refractivity contribution in [1.29, 1.82) is 0 Å². The number of nitrogens with one attached hydrogen (secondary N) is 1. The van der Waals surface area contributed by atoms with E-state index < -0.39 is 0 Å². The van der Waals surface area contributed by atoms with Gasteiger partial charge in [0.1, 0.15) is 17.3 Å². The van der Waals surface area contributed by atoms with Gasteiger partial charge in [-0.05, 0) is 56.3 Å². The molecule has 1 fully saturated rings. The summed E-state index contributed by atoms with van der Waals surface area (Å²) in [7, 11) is 0. The molecule has 2 aliphatic heterocycles. The standard InChI is InChI=1S/C20H22ClN3O/c21-15-8-9-18-16(14-15)20(22-10-13-24-11-4-1-5-12-24)23-17-6-2-3-7-19(17)25-18/h2-3,6-9,14H,1,4-5,10-13H2,(H,22,23). The van der Waals surface area contributed by atoms with Crippen LogP contribution in [0.2, 0.25) is 5.02 Å².